The number of pyridine rings is 1. The summed E-state index contributed by atoms with van der Waals surface area (Å²) in [5.41, 5.74) is 2.83. The molecule has 0 aliphatic rings. The minimum Gasteiger partial charge on any atom is -0.477 e. The maximum absolute atomic E-state index is 12.5. The largest absolute Gasteiger partial charge is 0.477 e. The third kappa shape index (κ3) is 3.35. The third-order valence-corrected chi connectivity index (χ3v) is 5.29. The van der Waals surface area contributed by atoms with Crippen LogP contribution in [0.2, 0.25) is 5.02 Å². The van der Waals surface area contributed by atoms with Crippen LogP contribution in [-0.2, 0) is 6.54 Å². The van der Waals surface area contributed by atoms with Crippen molar-refractivity contribution in [3.8, 4) is 0 Å². The van der Waals surface area contributed by atoms with Crippen LogP contribution >= 0.6 is 22.9 Å². The number of halogens is 1. The number of hydrogen-bond acceptors (Lipinski definition) is 5. The van der Waals surface area contributed by atoms with Gasteiger partial charge in [0.25, 0.3) is 11.5 Å². The lowest BCUT2D eigenvalue weighted by molar-refractivity contribution is 0.0695. The van der Waals surface area contributed by atoms with Gasteiger partial charge in [-0.3, -0.25) is 9.59 Å². The number of benzene rings is 2. The molecule has 0 bridgehead atoms. The highest BCUT2D eigenvalue weighted by Crippen LogP contribution is 2.23. The molecule has 0 radical (unpaired) electrons. The summed E-state index contributed by atoms with van der Waals surface area (Å²) in [6.45, 7) is 0.105. The number of fused-ring (bicyclic) bond motifs is 2. The minimum atomic E-state index is -1.32. The van der Waals surface area contributed by atoms with Gasteiger partial charge in [0.2, 0.25) is 0 Å². The van der Waals surface area contributed by atoms with Crippen molar-refractivity contribution in [1.82, 2.24) is 15.3 Å². The zero-order chi connectivity index (χ0) is 19.8. The predicted molar refractivity (Wildman–Crippen MR) is 107 cm³/mol. The Morgan fingerprint density at radius 3 is 2.82 bits per heavy atom. The van der Waals surface area contributed by atoms with Gasteiger partial charge in [-0.2, -0.15) is 0 Å². The number of amides is 1. The second kappa shape index (κ2) is 7.06. The van der Waals surface area contributed by atoms with Crippen LogP contribution in [0.25, 0.3) is 21.1 Å². The SMILES string of the molecule is O=C(NCc1cc(Cl)cc2cc(C(=O)O)c(=O)[nH]c12)c1ccc2scnc2c1. The summed E-state index contributed by atoms with van der Waals surface area (Å²) in [6.07, 6.45) is 0. The number of aromatic amines is 1. The molecule has 4 aromatic rings. The Morgan fingerprint density at radius 1 is 1.21 bits per heavy atom. The summed E-state index contributed by atoms with van der Waals surface area (Å²) in [6, 6.07) is 9.70. The summed E-state index contributed by atoms with van der Waals surface area (Å²) in [7, 11) is 0. The Balaban J connectivity index is 1.65. The lowest BCUT2D eigenvalue weighted by Gasteiger charge is -2.10. The number of carboxylic acid groups (broad SMARTS) is 1. The van der Waals surface area contributed by atoms with E-state index in [9.17, 15) is 14.4 Å². The molecule has 7 nitrogen and oxygen atoms in total. The average Bonchev–Trinajstić information content (AvgIpc) is 3.13. The van der Waals surface area contributed by atoms with Crippen molar-refractivity contribution in [3.05, 3.63) is 74.0 Å². The average molecular weight is 414 g/mol. The van der Waals surface area contributed by atoms with Gasteiger partial charge in [-0.25, -0.2) is 9.78 Å². The molecule has 4 rings (SSSR count). The van der Waals surface area contributed by atoms with Crippen LogP contribution in [0.5, 0.6) is 0 Å². The van der Waals surface area contributed by atoms with Crippen molar-refractivity contribution >= 4 is 55.9 Å². The number of carboxylic acids is 1. The number of carbonyl (C=O) groups is 2. The topological polar surface area (TPSA) is 112 Å². The van der Waals surface area contributed by atoms with Crippen molar-refractivity contribution in [1.29, 1.82) is 0 Å². The van der Waals surface area contributed by atoms with E-state index in [-0.39, 0.29) is 18.0 Å². The van der Waals surface area contributed by atoms with E-state index in [1.54, 1.807) is 29.8 Å². The molecule has 2 aromatic heterocycles. The molecule has 0 saturated heterocycles. The molecule has 140 valence electrons. The summed E-state index contributed by atoms with van der Waals surface area (Å²) in [4.78, 5) is 42.4. The van der Waals surface area contributed by atoms with Crippen LogP contribution in [-0.4, -0.2) is 27.0 Å². The number of H-pyrrole nitrogens is 1. The Hall–Kier alpha value is -3.23. The number of aromatic carboxylic acids is 1. The molecule has 0 unspecified atom stereocenters. The fourth-order valence-electron chi connectivity index (χ4n) is 2.93. The summed E-state index contributed by atoms with van der Waals surface area (Å²) in [5, 5.41) is 12.7. The van der Waals surface area contributed by atoms with Crippen LogP contribution in [0.3, 0.4) is 0 Å². The van der Waals surface area contributed by atoms with Crippen molar-refractivity contribution in [2.45, 2.75) is 6.54 Å². The summed E-state index contributed by atoms with van der Waals surface area (Å²) < 4.78 is 0.990. The van der Waals surface area contributed by atoms with Gasteiger partial charge in [0, 0.05) is 22.5 Å². The number of rotatable bonds is 4. The van der Waals surface area contributed by atoms with Crippen molar-refractivity contribution in [3.63, 3.8) is 0 Å². The molecule has 3 N–H and O–H groups in total. The van der Waals surface area contributed by atoms with Gasteiger partial charge in [0.1, 0.15) is 5.56 Å². The van der Waals surface area contributed by atoms with Crippen molar-refractivity contribution in [2.24, 2.45) is 0 Å². The Kier molecular flexibility index (Phi) is 4.58. The van der Waals surface area contributed by atoms with E-state index < -0.39 is 11.5 Å². The van der Waals surface area contributed by atoms with Crippen LogP contribution in [0.1, 0.15) is 26.3 Å². The van der Waals surface area contributed by atoms with E-state index in [0.717, 1.165) is 10.2 Å². The van der Waals surface area contributed by atoms with Gasteiger partial charge < -0.3 is 15.4 Å². The van der Waals surface area contributed by atoms with Crippen molar-refractivity contribution in [2.75, 3.05) is 0 Å². The Bertz CT molecular complexity index is 1310. The van der Waals surface area contributed by atoms with E-state index in [2.05, 4.69) is 15.3 Å². The lowest BCUT2D eigenvalue weighted by Crippen LogP contribution is -2.23. The van der Waals surface area contributed by atoms with Crippen LogP contribution in [0.15, 0.2) is 46.7 Å². The quantitative estimate of drug-likeness (QED) is 0.474. The number of carbonyl (C=O) groups excluding carboxylic acids is 1. The molecule has 9 heteroatoms. The van der Waals surface area contributed by atoms with Crippen LogP contribution in [0.4, 0.5) is 0 Å². The first kappa shape index (κ1) is 18.1. The second-order valence-corrected chi connectivity index (χ2v) is 7.39. The predicted octanol–water partition coefficient (Wildman–Crippen LogP) is 3.42. The fourth-order valence-corrected chi connectivity index (χ4v) is 3.84. The van der Waals surface area contributed by atoms with Gasteiger partial charge in [0.15, 0.2) is 0 Å². The molecule has 0 atom stereocenters. The van der Waals surface area contributed by atoms with E-state index in [1.807, 2.05) is 6.07 Å². The molecular weight excluding hydrogens is 402 g/mol. The molecule has 0 aliphatic carbocycles. The maximum Gasteiger partial charge on any atom is 0.341 e. The van der Waals surface area contributed by atoms with Crippen LogP contribution in [0, 0.1) is 0 Å². The zero-order valence-corrected chi connectivity index (χ0v) is 15.7. The molecular formula is C19H12ClN3O4S. The summed E-state index contributed by atoms with van der Waals surface area (Å²) >= 11 is 7.61. The lowest BCUT2D eigenvalue weighted by atomic mass is 10.1. The first-order valence-corrected chi connectivity index (χ1v) is 9.38. The highest BCUT2D eigenvalue weighted by Gasteiger charge is 2.14. The third-order valence-electron chi connectivity index (χ3n) is 4.26. The van der Waals surface area contributed by atoms with Gasteiger partial charge in [-0.1, -0.05) is 11.6 Å². The molecule has 1 amide bonds. The first-order chi connectivity index (χ1) is 13.4. The molecule has 28 heavy (non-hydrogen) atoms. The van der Waals surface area contributed by atoms with Gasteiger partial charge in [-0.15, -0.1) is 11.3 Å². The second-order valence-electron chi connectivity index (χ2n) is 6.06. The highest BCUT2D eigenvalue weighted by atomic mass is 35.5. The minimum absolute atomic E-state index is 0.105. The Labute approximate surface area is 166 Å². The standard InChI is InChI=1S/C19H12ClN3O4S/c20-12-3-10-5-13(19(26)27)18(25)23-16(10)11(4-12)7-21-17(24)9-1-2-15-14(6-9)22-8-28-15/h1-6,8H,7H2,(H,21,24)(H,23,25)(H,26,27). The molecule has 0 aliphatic heterocycles. The maximum atomic E-state index is 12.5. The monoisotopic (exact) mass is 413 g/mol. The summed E-state index contributed by atoms with van der Waals surface area (Å²) in [5.74, 6) is -1.62. The van der Waals surface area contributed by atoms with Gasteiger partial charge in [0.05, 0.1) is 21.2 Å². The van der Waals surface area contributed by atoms with E-state index in [1.165, 1.54) is 17.4 Å². The molecule has 0 fully saturated rings. The molecule has 0 spiro atoms. The van der Waals surface area contributed by atoms with E-state index in [4.69, 9.17) is 16.7 Å². The van der Waals surface area contributed by atoms with Gasteiger partial charge >= 0.3 is 5.97 Å². The molecule has 2 aromatic carbocycles. The molecule has 2 heterocycles. The van der Waals surface area contributed by atoms with E-state index in [0.29, 0.717) is 27.1 Å². The number of aromatic nitrogens is 2. The smallest absolute Gasteiger partial charge is 0.341 e. The Morgan fingerprint density at radius 2 is 2.04 bits per heavy atom. The normalized spacial score (nSPS) is 11.0. The van der Waals surface area contributed by atoms with Crippen LogP contribution < -0.4 is 10.9 Å². The number of hydrogen-bond donors (Lipinski definition) is 3. The first-order valence-electron chi connectivity index (χ1n) is 8.12. The van der Waals surface area contributed by atoms with E-state index >= 15 is 0 Å². The number of thiazole rings is 1. The molecule has 0 saturated carbocycles. The van der Waals surface area contributed by atoms with Crippen molar-refractivity contribution < 1.29 is 14.7 Å². The van der Waals surface area contributed by atoms with Gasteiger partial charge in [-0.05, 0) is 42.0 Å². The highest BCUT2D eigenvalue weighted by molar-refractivity contribution is 7.16. The number of nitrogens with zero attached hydrogens (tertiary/aromatic N) is 1. The fraction of sp³-hybridized carbons (Fsp3) is 0.0526. The zero-order valence-electron chi connectivity index (χ0n) is 14.2. The number of nitrogens with one attached hydrogen (secondary N) is 2.